The van der Waals surface area contributed by atoms with Crippen molar-refractivity contribution in [3.05, 3.63) is 0 Å². The molecule has 7 heteroatoms. The molecule has 4 unspecified atom stereocenters. The van der Waals surface area contributed by atoms with E-state index in [0.29, 0.717) is 12.8 Å². The molecule has 0 aromatic heterocycles. The van der Waals surface area contributed by atoms with Gasteiger partial charge < -0.3 is 24.2 Å². The van der Waals surface area contributed by atoms with Crippen molar-refractivity contribution in [3.8, 4) is 0 Å². The molecule has 3 fully saturated rings. The van der Waals surface area contributed by atoms with E-state index in [4.69, 9.17) is 14.2 Å². The molecule has 22 heavy (non-hydrogen) atoms. The Bertz CT molecular complexity index is 422. The van der Waals surface area contributed by atoms with Gasteiger partial charge in [0.2, 0.25) is 0 Å². The Balaban J connectivity index is 1.44. The molecular weight excluding hydrogens is 290 g/mol. The van der Waals surface area contributed by atoms with Gasteiger partial charge in [-0.05, 0) is 38.0 Å². The summed E-state index contributed by atoms with van der Waals surface area (Å²) in [6.07, 6.45) is 2.87. The SMILES string of the molecule is O=C(OCC(=O)N1CCCC1)C(O)C1CCC2OCOC2C1. The largest absolute Gasteiger partial charge is 0.454 e. The van der Waals surface area contributed by atoms with E-state index >= 15 is 0 Å². The van der Waals surface area contributed by atoms with Crippen molar-refractivity contribution in [1.29, 1.82) is 0 Å². The summed E-state index contributed by atoms with van der Waals surface area (Å²) in [4.78, 5) is 25.5. The summed E-state index contributed by atoms with van der Waals surface area (Å²) in [5.41, 5.74) is 0. The lowest BCUT2D eigenvalue weighted by Gasteiger charge is -2.31. The fraction of sp³-hybridized carbons (Fsp3) is 0.867. The van der Waals surface area contributed by atoms with Crippen LogP contribution in [0, 0.1) is 5.92 Å². The number of esters is 1. The number of amides is 1. The van der Waals surface area contributed by atoms with Crippen LogP contribution in [0.25, 0.3) is 0 Å². The maximum absolute atomic E-state index is 11.9. The molecular formula is C15H23NO6. The van der Waals surface area contributed by atoms with E-state index in [-0.39, 0.29) is 37.4 Å². The van der Waals surface area contributed by atoms with Crippen LogP contribution in [0.2, 0.25) is 0 Å². The Morgan fingerprint density at radius 3 is 2.68 bits per heavy atom. The van der Waals surface area contributed by atoms with Crippen LogP contribution in [-0.4, -0.2) is 66.7 Å². The second-order valence-electron chi connectivity index (χ2n) is 6.24. The first-order chi connectivity index (χ1) is 10.6. The number of aliphatic hydroxyl groups is 1. The van der Waals surface area contributed by atoms with Crippen molar-refractivity contribution in [2.75, 3.05) is 26.5 Å². The molecule has 2 aliphatic heterocycles. The third-order valence-corrected chi connectivity index (χ3v) is 4.82. The van der Waals surface area contributed by atoms with Gasteiger partial charge in [-0.25, -0.2) is 4.79 Å². The van der Waals surface area contributed by atoms with Crippen LogP contribution in [-0.2, 0) is 23.8 Å². The number of carbonyl (C=O) groups is 2. The first kappa shape index (κ1) is 15.7. The fourth-order valence-electron chi connectivity index (χ4n) is 3.47. The predicted molar refractivity (Wildman–Crippen MR) is 74.7 cm³/mol. The van der Waals surface area contributed by atoms with Crippen molar-refractivity contribution >= 4 is 11.9 Å². The van der Waals surface area contributed by atoms with Crippen LogP contribution >= 0.6 is 0 Å². The summed E-state index contributed by atoms with van der Waals surface area (Å²) < 4.78 is 15.8. The lowest BCUT2D eigenvalue weighted by molar-refractivity contribution is -0.162. The van der Waals surface area contributed by atoms with Gasteiger partial charge in [0.25, 0.3) is 5.91 Å². The third kappa shape index (κ3) is 3.42. The monoisotopic (exact) mass is 313 g/mol. The number of likely N-dealkylation sites (tertiary alicyclic amines) is 1. The first-order valence-corrected chi connectivity index (χ1v) is 8.01. The highest BCUT2D eigenvalue weighted by Crippen LogP contribution is 2.34. The zero-order chi connectivity index (χ0) is 15.5. The summed E-state index contributed by atoms with van der Waals surface area (Å²) in [6.45, 7) is 1.45. The topological polar surface area (TPSA) is 85.3 Å². The van der Waals surface area contributed by atoms with Gasteiger partial charge in [-0.3, -0.25) is 4.79 Å². The minimum absolute atomic E-state index is 0.0487. The molecule has 1 amide bonds. The molecule has 0 aromatic rings. The quantitative estimate of drug-likeness (QED) is 0.739. The molecule has 4 atom stereocenters. The zero-order valence-electron chi connectivity index (χ0n) is 12.6. The van der Waals surface area contributed by atoms with Crippen molar-refractivity contribution in [2.24, 2.45) is 5.92 Å². The lowest BCUT2D eigenvalue weighted by Crippen LogP contribution is -2.41. The van der Waals surface area contributed by atoms with Crippen LogP contribution in [0.1, 0.15) is 32.1 Å². The van der Waals surface area contributed by atoms with E-state index in [1.165, 1.54) is 0 Å². The molecule has 0 bridgehead atoms. The van der Waals surface area contributed by atoms with Crippen LogP contribution in [0.3, 0.4) is 0 Å². The number of nitrogens with zero attached hydrogens (tertiary/aromatic N) is 1. The maximum Gasteiger partial charge on any atom is 0.335 e. The van der Waals surface area contributed by atoms with E-state index in [9.17, 15) is 14.7 Å². The van der Waals surface area contributed by atoms with Crippen LogP contribution in [0.15, 0.2) is 0 Å². The number of fused-ring (bicyclic) bond motifs is 1. The van der Waals surface area contributed by atoms with E-state index in [2.05, 4.69) is 0 Å². The van der Waals surface area contributed by atoms with Crippen molar-refractivity contribution in [3.63, 3.8) is 0 Å². The van der Waals surface area contributed by atoms with Crippen LogP contribution in [0.4, 0.5) is 0 Å². The van der Waals surface area contributed by atoms with Gasteiger partial charge in [-0.1, -0.05) is 0 Å². The van der Waals surface area contributed by atoms with Crippen molar-refractivity contribution < 1.29 is 28.9 Å². The summed E-state index contributed by atoms with van der Waals surface area (Å²) in [5.74, 6) is -1.10. The number of aliphatic hydroxyl groups excluding tert-OH is 1. The molecule has 7 nitrogen and oxygen atoms in total. The minimum atomic E-state index is -1.20. The standard InChI is InChI=1S/C15H23NO6/c17-13(16-5-1-2-6-16)8-20-15(19)14(18)10-3-4-11-12(7-10)22-9-21-11/h10-12,14,18H,1-9H2. The highest BCUT2D eigenvalue weighted by molar-refractivity contribution is 5.82. The van der Waals surface area contributed by atoms with Gasteiger partial charge in [0.1, 0.15) is 6.79 Å². The highest BCUT2D eigenvalue weighted by Gasteiger charge is 2.40. The van der Waals surface area contributed by atoms with Gasteiger partial charge >= 0.3 is 5.97 Å². The zero-order valence-corrected chi connectivity index (χ0v) is 12.6. The Labute approximate surface area is 129 Å². The summed E-state index contributed by atoms with van der Waals surface area (Å²) in [5, 5.41) is 10.1. The lowest BCUT2D eigenvalue weighted by atomic mass is 9.82. The Morgan fingerprint density at radius 1 is 1.18 bits per heavy atom. The number of ether oxygens (including phenoxy) is 3. The molecule has 0 radical (unpaired) electrons. The second-order valence-corrected chi connectivity index (χ2v) is 6.24. The predicted octanol–water partition coefficient (Wildman–Crippen LogP) is 0.0545. The van der Waals surface area contributed by atoms with Crippen molar-refractivity contribution in [2.45, 2.75) is 50.4 Å². The second kappa shape index (κ2) is 6.93. The smallest absolute Gasteiger partial charge is 0.335 e. The Morgan fingerprint density at radius 2 is 1.91 bits per heavy atom. The van der Waals surface area contributed by atoms with Crippen LogP contribution in [0.5, 0.6) is 0 Å². The van der Waals surface area contributed by atoms with Crippen LogP contribution < -0.4 is 0 Å². The summed E-state index contributed by atoms with van der Waals surface area (Å²) >= 11 is 0. The van der Waals surface area contributed by atoms with E-state index in [1.807, 2.05) is 0 Å². The number of rotatable bonds is 4. The Kier molecular flexibility index (Phi) is 4.95. The summed E-state index contributed by atoms with van der Waals surface area (Å²) in [6, 6.07) is 0. The van der Waals surface area contributed by atoms with Crippen molar-refractivity contribution in [1.82, 2.24) is 4.90 Å². The molecule has 1 aliphatic carbocycles. The molecule has 0 spiro atoms. The molecule has 0 aromatic carbocycles. The number of carbonyl (C=O) groups excluding carboxylic acids is 2. The summed E-state index contributed by atoms with van der Waals surface area (Å²) in [7, 11) is 0. The highest BCUT2D eigenvalue weighted by atomic mass is 16.7. The fourth-order valence-corrected chi connectivity index (χ4v) is 3.47. The average Bonchev–Trinajstić information content (AvgIpc) is 3.21. The van der Waals surface area contributed by atoms with E-state index < -0.39 is 12.1 Å². The molecule has 3 rings (SSSR count). The normalized spacial score (nSPS) is 32.6. The average molecular weight is 313 g/mol. The molecule has 1 saturated carbocycles. The first-order valence-electron chi connectivity index (χ1n) is 8.01. The molecule has 2 saturated heterocycles. The van der Waals surface area contributed by atoms with Gasteiger partial charge in [0, 0.05) is 13.1 Å². The third-order valence-electron chi connectivity index (χ3n) is 4.82. The van der Waals surface area contributed by atoms with Gasteiger partial charge in [-0.2, -0.15) is 0 Å². The number of hydrogen-bond acceptors (Lipinski definition) is 6. The number of hydrogen-bond donors (Lipinski definition) is 1. The molecule has 2 heterocycles. The van der Waals surface area contributed by atoms with Gasteiger partial charge in [-0.15, -0.1) is 0 Å². The maximum atomic E-state index is 11.9. The minimum Gasteiger partial charge on any atom is -0.454 e. The molecule has 1 N–H and O–H groups in total. The molecule has 3 aliphatic rings. The van der Waals surface area contributed by atoms with E-state index in [1.54, 1.807) is 4.90 Å². The van der Waals surface area contributed by atoms with E-state index in [0.717, 1.165) is 32.4 Å². The van der Waals surface area contributed by atoms with Gasteiger partial charge in [0.05, 0.1) is 12.2 Å². The Hall–Kier alpha value is -1.18. The van der Waals surface area contributed by atoms with Gasteiger partial charge in [0.15, 0.2) is 12.7 Å². The molecule has 124 valence electrons.